The van der Waals surface area contributed by atoms with Gasteiger partial charge in [-0.05, 0) is 23.3 Å². The molecule has 0 bridgehead atoms. The lowest BCUT2D eigenvalue weighted by atomic mass is 9.99. The molecule has 3 nitrogen and oxygen atoms in total. The number of benzene rings is 3. The maximum absolute atomic E-state index is 5.47. The number of rotatable bonds is 7. The van der Waals surface area contributed by atoms with Crippen molar-refractivity contribution in [2.75, 3.05) is 7.11 Å². The number of methoxy groups -OCH3 is 1. The van der Waals surface area contributed by atoms with Gasteiger partial charge in [-0.2, -0.15) is 0 Å². The zero-order chi connectivity index (χ0) is 19.2. The van der Waals surface area contributed by atoms with Crippen LogP contribution >= 0.6 is 11.3 Å². The third-order valence-electron chi connectivity index (χ3n) is 4.64. The monoisotopic (exact) mass is 386 g/mol. The Morgan fingerprint density at radius 1 is 0.857 bits per heavy atom. The SMILES string of the molecule is COc1ccccc1-c1nc(CNC(c2ccccc2)c2ccccc2)cs1. The Balaban J connectivity index is 1.55. The molecule has 1 aromatic heterocycles. The highest BCUT2D eigenvalue weighted by Gasteiger charge is 2.15. The van der Waals surface area contributed by atoms with Crippen molar-refractivity contribution < 1.29 is 4.74 Å². The van der Waals surface area contributed by atoms with Crippen LogP contribution in [0.4, 0.5) is 0 Å². The predicted octanol–water partition coefficient (Wildman–Crippen LogP) is 5.70. The Morgan fingerprint density at radius 2 is 1.46 bits per heavy atom. The fourth-order valence-electron chi connectivity index (χ4n) is 3.26. The average molecular weight is 387 g/mol. The summed E-state index contributed by atoms with van der Waals surface area (Å²) in [6.45, 7) is 0.695. The van der Waals surface area contributed by atoms with Crippen LogP contribution in [0.25, 0.3) is 10.6 Å². The number of hydrogen-bond donors (Lipinski definition) is 1. The fourth-order valence-corrected chi connectivity index (χ4v) is 4.11. The summed E-state index contributed by atoms with van der Waals surface area (Å²) in [4.78, 5) is 4.82. The molecule has 0 spiro atoms. The summed E-state index contributed by atoms with van der Waals surface area (Å²) in [6, 6.07) is 29.2. The van der Waals surface area contributed by atoms with Gasteiger partial charge in [-0.3, -0.25) is 0 Å². The summed E-state index contributed by atoms with van der Waals surface area (Å²) in [5.74, 6) is 0.850. The van der Waals surface area contributed by atoms with Gasteiger partial charge >= 0.3 is 0 Å². The Bertz CT molecular complexity index is 975. The fraction of sp³-hybridized carbons (Fsp3) is 0.125. The molecule has 1 heterocycles. The molecule has 0 fully saturated rings. The lowest BCUT2D eigenvalue weighted by Crippen LogP contribution is -2.22. The van der Waals surface area contributed by atoms with Crippen molar-refractivity contribution in [3.05, 3.63) is 107 Å². The highest BCUT2D eigenvalue weighted by molar-refractivity contribution is 7.13. The smallest absolute Gasteiger partial charge is 0.129 e. The quantitative estimate of drug-likeness (QED) is 0.442. The van der Waals surface area contributed by atoms with Crippen LogP contribution in [-0.4, -0.2) is 12.1 Å². The maximum Gasteiger partial charge on any atom is 0.129 e. The first-order valence-corrected chi connectivity index (χ1v) is 10.1. The molecule has 0 unspecified atom stereocenters. The van der Waals surface area contributed by atoms with Gasteiger partial charge in [0.05, 0.1) is 24.4 Å². The number of hydrogen-bond acceptors (Lipinski definition) is 4. The standard InChI is InChI=1S/C24H22N2OS/c1-27-22-15-9-8-14-21(22)24-26-20(17-28-24)16-25-23(18-10-4-2-5-11-18)19-12-6-3-7-13-19/h2-15,17,23,25H,16H2,1H3. The van der Waals surface area contributed by atoms with Crippen LogP contribution in [0.1, 0.15) is 22.9 Å². The average Bonchev–Trinajstić information content (AvgIpc) is 3.24. The van der Waals surface area contributed by atoms with Crippen LogP contribution in [0.3, 0.4) is 0 Å². The van der Waals surface area contributed by atoms with Crippen molar-refractivity contribution in [3.63, 3.8) is 0 Å². The molecule has 140 valence electrons. The molecule has 1 N–H and O–H groups in total. The van der Waals surface area contributed by atoms with E-state index in [2.05, 4.69) is 59.2 Å². The van der Waals surface area contributed by atoms with Crippen LogP contribution < -0.4 is 10.1 Å². The van der Waals surface area contributed by atoms with Crippen molar-refractivity contribution in [2.45, 2.75) is 12.6 Å². The largest absolute Gasteiger partial charge is 0.496 e. The summed E-state index contributed by atoms with van der Waals surface area (Å²) >= 11 is 1.64. The second-order valence-corrected chi connectivity index (χ2v) is 7.34. The third kappa shape index (κ3) is 4.14. The van der Waals surface area contributed by atoms with Gasteiger partial charge in [0.25, 0.3) is 0 Å². The second kappa shape index (κ2) is 8.83. The van der Waals surface area contributed by atoms with E-state index in [0.717, 1.165) is 22.0 Å². The number of aromatic nitrogens is 1. The molecular formula is C24H22N2OS. The summed E-state index contributed by atoms with van der Waals surface area (Å²) < 4.78 is 5.47. The molecule has 0 aliphatic heterocycles. The Morgan fingerprint density at radius 3 is 2.11 bits per heavy atom. The minimum atomic E-state index is 0.124. The lowest BCUT2D eigenvalue weighted by molar-refractivity contribution is 0.416. The van der Waals surface area contributed by atoms with Crippen LogP contribution in [-0.2, 0) is 6.54 Å². The predicted molar refractivity (Wildman–Crippen MR) is 116 cm³/mol. The molecule has 4 rings (SSSR count). The molecule has 4 heteroatoms. The molecule has 3 aromatic carbocycles. The second-order valence-electron chi connectivity index (χ2n) is 6.48. The van der Waals surface area contributed by atoms with Crippen molar-refractivity contribution in [2.24, 2.45) is 0 Å². The molecule has 0 aliphatic rings. The first-order valence-electron chi connectivity index (χ1n) is 9.26. The van der Waals surface area contributed by atoms with E-state index in [4.69, 9.17) is 9.72 Å². The minimum Gasteiger partial charge on any atom is -0.496 e. The zero-order valence-corrected chi connectivity index (χ0v) is 16.5. The zero-order valence-electron chi connectivity index (χ0n) is 15.7. The van der Waals surface area contributed by atoms with Gasteiger partial charge in [0.2, 0.25) is 0 Å². The molecule has 0 saturated heterocycles. The molecule has 0 atom stereocenters. The normalized spacial score (nSPS) is 10.9. The summed E-state index contributed by atoms with van der Waals surface area (Å²) in [7, 11) is 1.69. The van der Waals surface area contributed by atoms with E-state index in [1.807, 2.05) is 36.4 Å². The van der Waals surface area contributed by atoms with Gasteiger partial charge in [-0.1, -0.05) is 72.8 Å². The van der Waals surface area contributed by atoms with Crippen LogP contribution in [0.5, 0.6) is 5.75 Å². The van der Waals surface area contributed by atoms with Crippen molar-refractivity contribution in [3.8, 4) is 16.3 Å². The molecule has 0 saturated carbocycles. The number of nitrogens with zero attached hydrogens (tertiary/aromatic N) is 1. The van der Waals surface area contributed by atoms with E-state index < -0.39 is 0 Å². The van der Waals surface area contributed by atoms with E-state index in [0.29, 0.717) is 6.54 Å². The van der Waals surface area contributed by atoms with E-state index in [1.165, 1.54) is 11.1 Å². The molecule has 4 aromatic rings. The molecule has 0 amide bonds. The van der Waals surface area contributed by atoms with E-state index >= 15 is 0 Å². The van der Waals surface area contributed by atoms with Crippen LogP contribution in [0.15, 0.2) is 90.3 Å². The van der Waals surface area contributed by atoms with Crippen LogP contribution in [0, 0.1) is 0 Å². The molecule has 0 radical (unpaired) electrons. The highest BCUT2D eigenvalue weighted by Crippen LogP contribution is 2.32. The van der Waals surface area contributed by atoms with Crippen molar-refractivity contribution in [1.29, 1.82) is 0 Å². The summed E-state index contributed by atoms with van der Waals surface area (Å²) in [5.41, 5.74) is 4.55. The van der Waals surface area contributed by atoms with E-state index in [9.17, 15) is 0 Å². The first kappa shape index (κ1) is 18.4. The Kier molecular flexibility index (Phi) is 5.80. The van der Waals surface area contributed by atoms with Gasteiger partial charge in [0.15, 0.2) is 0 Å². The first-order chi connectivity index (χ1) is 13.8. The van der Waals surface area contributed by atoms with Gasteiger partial charge in [-0.15, -0.1) is 11.3 Å². The van der Waals surface area contributed by atoms with Crippen molar-refractivity contribution in [1.82, 2.24) is 10.3 Å². The number of nitrogens with one attached hydrogen (secondary N) is 1. The van der Waals surface area contributed by atoms with Gasteiger partial charge in [0, 0.05) is 11.9 Å². The van der Waals surface area contributed by atoms with E-state index in [1.54, 1.807) is 18.4 Å². The number of para-hydroxylation sites is 1. The molecule has 0 aliphatic carbocycles. The topological polar surface area (TPSA) is 34.1 Å². The molecular weight excluding hydrogens is 364 g/mol. The minimum absolute atomic E-state index is 0.124. The third-order valence-corrected chi connectivity index (χ3v) is 5.57. The number of ether oxygens (including phenoxy) is 1. The Hall–Kier alpha value is -2.95. The van der Waals surface area contributed by atoms with Gasteiger partial charge < -0.3 is 10.1 Å². The van der Waals surface area contributed by atoms with Crippen LogP contribution in [0.2, 0.25) is 0 Å². The number of thiazole rings is 1. The Labute approximate surface area is 169 Å². The van der Waals surface area contributed by atoms with Crippen molar-refractivity contribution >= 4 is 11.3 Å². The lowest BCUT2D eigenvalue weighted by Gasteiger charge is -2.19. The summed E-state index contributed by atoms with van der Waals surface area (Å²) in [5, 5.41) is 6.76. The van der Waals surface area contributed by atoms with Gasteiger partial charge in [0.1, 0.15) is 10.8 Å². The highest BCUT2D eigenvalue weighted by atomic mass is 32.1. The molecule has 28 heavy (non-hydrogen) atoms. The summed E-state index contributed by atoms with van der Waals surface area (Å²) in [6.07, 6.45) is 0. The maximum atomic E-state index is 5.47. The van der Waals surface area contributed by atoms with Gasteiger partial charge in [-0.25, -0.2) is 4.98 Å². The van der Waals surface area contributed by atoms with E-state index in [-0.39, 0.29) is 6.04 Å².